The lowest BCUT2D eigenvalue weighted by Gasteiger charge is -2.26. The van der Waals surface area contributed by atoms with E-state index >= 15 is 0 Å². The van der Waals surface area contributed by atoms with Crippen LogP contribution in [-0.2, 0) is 17.9 Å². The maximum atomic E-state index is 13.0. The first-order valence-electron chi connectivity index (χ1n) is 9.21. The quantitative estimate of drug-likeness (QED) is 0.825. The van der Waals surface area contributed by atoms with E-state index in [1.165, 1.54) is 11.1 Å². The highest BCUT2D eigenvalue weighted by Gasteiger charge is 2.35. The average molecular weight is 353 g/mol. The van der Waals surface area contributed by atoms with E-state index in [0.29, 0.717) is 18.3 Å². The van der Waals surface area contributed by atoms with E-state index in [0.717, 1.165) is 24.0 Å². The monoisotopic (exact) mass is 353 g/mol. The van der Waals surface area contributed by atoms with Crippen LogP contribution in [0.25, 0.3) is 0 Å². The van der Waals surface area contributed by atoms with Crippen molar-refractivity contribution in [1.29, 1.82) is 0 Å². The van der Waals surface area contributed by atoms with Crippen LogP contribution in [0.15, 0.2) is 42.5 Å². The van der Waals surface area contributed by atoms with Gasteiger partial charge in [-0.15, -0.1) is 0 Å². The van der Waals surface area contributed by atoms with Crippen LogP contribution < -0.4 is 4.74 Å². The summed E-state index contributed by atoms with van der Waals surface area (Å²) in [6.07, 6.45) is 1.56. The molecule has 2 aromatic rings. The molecule has 1 aliphatic carbocycles. The second-order valence-corrected chi connectivity index (χ2v) is 7.18. The molecule has 4 nitrogen and oxygen atoms in total. The lowest BCUT2D eigenvalue weighted by Crippen LogP contribution is -2.41. The largest absolute Gasteiger partial charge is 0.481 e. The molecular weight excluding hydrogens is 326 g/mol. The molecule has 0 bridgehead atoms. The Balaban J connectivity index is 1.70. The van der Waals surface area contributed by atoms with Gasteiger partial charge in [0.15, 0.2) is 6.10 Å². The maximum absolute atomic E-state index is 13.0. The van der Waals surface area contributed by atoms with Crippen LogP contribution in [0.5, 0.6) is 5.75 Å². The predicted octanol–water partition coefficient (Wildman–Crippen LogP) is 3.75. The van der Waals surface area contributed by atoms with Crippen molar-refractivity contribution in [1.82, 2.24) is 4.90 Å². The maximum Gasteiger partial charge on any atom is 0.263 e. The first-order valence-corrected chi connectivity index (χ1v) is 9.21. The van der Waals surface area contributed by atoms with Crippen LogP contribution in [0.3, 0.4) is 0 Å². The molecule has 0 heterocycles. The molecule has 1 aliphatic rings. The van der Waals surface area contributed by atoms with Gasteiger partial charge in [-0.05, 0) is 68.0 Å². The molecular formula is C22H27NO3. The van der Waals surface area contributed by atoms with Gasteiger partial charge in [-0.25, -0.2) is 0 Å². The molecule has 1 amide bonds. The summed E-state index contributed by atoms with van der Waals surface area (Å²) in [5, 5.41) is 9.25. The number of amides is 1. The fraction of sp³-hybridized carbons (Fsp3) is 0.409. The van der Waals surface area contributed by atoms with Crippen LogP contribution >= 0.6 is 0 Å². The summed E-state index contributed by atoms with van der Waals surface area (Å²) < 4.78 is 5.86. The average Bonchev–Trinajstić information content (AvgIpc) is 3.47. The molecule has 2 aromatic carbocycles. The molecule has 0 radical (unpaired) electrons. The fourth-order valence-electron chi connectivity index (χ4n) is 3.08. The molecule has 0 aromatic heterocycles. The van der Waals surface area contributed by atoms with Crippen LogP contribution in [-0.4, -0.2) is 28.1 Å². The molecule has 0 spiro atoms. The summed E-state index contributed by atoms with van der Waals surface area (Å²) in [5.74, 6) is 0.624. The molecule has 1 N–H and O–H groups in total. The normalized spacial score (nSPS) is 14.8. The molecule has 0 saturated heterocycles. The highest BCUT2D eigenvalue weighted by molar-refractivity contribution is 5.81. The van der Waals surface area contributed by atoms with Gasteiger partial charge in [0.1, 0.15) is 5.75 Å². The van der Waals surface area contributed by atoms with Crippen molar-refractivity contribution < 1.29 is 14.6 Å². The number of carbonyl (C=O) groups excluding carboxylic acids is 1. The van der Waals surface area contributed by atoms with E-state index in [-0.39, 0.29) is 12.5 Å². The zero-order valence-electron chi connectivity index (χ0n) is 15.7. The van der Waals surface area contributed by atoms with E-state index in [2.05, 4.69) is 32.0 Å². The van der Waals surface area contributed by atoms with E-state index in [1.54, 1.807) is 13.0 Å². The number of rotatable bonds is 7. The number of hydrogen-bond donors (Lipinski definition) is 1. The molecule has 26 heavy (non-hydrogen) atoms. The zero-order chi connectivity index (χ0) is 18.7. The summed E-state index contributed by atoms with van der Waals surface area (Å²) in [6.45, 7) is 6.57. The van der Waals surface area contributed by atoms with Gasteiger partial charge in [-0.3, -0.25) is 4.79 Å². The Kier molecular flexibility index (Phi) is 5.62. The Bertz CT molecular complexity index is 783. The second kappa shape index (κ2) is 7.92. The van der Waals surface area contributed by atoms with Crippen molar-refractivity contribution in [3.63, 3.8) is 0 Å². The number of aryl methyl sites for hydroxylation is 2. The molecule has 0 unspecified atom stereocenters. The number of aliphatic hydroxyl groups excluding tert-OH is 1. The third kappa shape index (κ3) is 4.44. The first-order chi connectivity index (χ1) is 12.5. The van der Waals surface area contributed by atoms with Crippen molar-refractivity contribution >= 4 is 5.91 Å². The summed E-state index contributed by atoms with van der Waals surface area (Å²) in [6, 6.07) is 13.9. The van der Waals surface area contributed by atoms with Crippen LogP contribution in [0.1, 0.15) is 42.0 Å². The molecule has 1 fully saturated rings. The van der Waals surface area contributed by atoms with Crippen molar-refractivity contribution in [2.75, 3.05) is 0 Å². The summed E-state index contributed by atoms with van der Waals surface area (Å²) >= 11 is 0. The van der Waals surface area contributed by atoms with Gasteiger partial charge in [-0.1, -0.05) is 30.3 Å². The number of nitrogens with zero attached hydrogens (tertiary/aromatic N) is 1. The first kappa shape index (κ1) is 18.5. The van der Waals surface area contributed by atoms with Gasteiger partial charge in [0.2, 0.25) is 0 Å². The number of carbonyl (C=O) groups is 1. The highest BCUT2D eigenvalue weighted by Crippen LogP contribution is 2.30. The Morgan fingerprint density at radius 2 is 1.92 bits per heavy atom. The Morgan fingerprint density at radius 3 is 2.58 bits per heavy atom. The molecule has 1 atom stereocenters. The van der Waals surface area contributed by atoms with Gasteiger partial charge in [0.05, 0.1) is 6.61 Å². The van der Waals surface area contributed by atoms with Crippen molar-refractivity contribution in [2.45, 2.75) is 58.9 Å². The number of hydrogen-bond acceptors (Lipinski definition) is 3. The molecule has 0 aliphatic heterocycles. The van der Waals surface area contributed by atoms with E-state index in [9.17, 15) is 9.90 Å². The summed E-state index contributed by atoms with van der Waals surface area (Å²) in [5.41, 5.74) is 4.44. The minimum absolute atomic E-state index is 0.0140. The van der Waals surface area contributed by atoms with Crippen molar-refractivity contribution in [2.24, 2.45) is 0 Å². The van der Waals surface area contributed by atoms with Crippen molar-refractivity contribution in [3.05, 3.63) is 64.7 Å². The lowest BCUT2D eigenvalue weighted by molar-refractivity contribution is -0.139. The van der Waals surface area contributed by atoms with Crippen LogP contribution in [0.4, 0.5) is 0 Å². The zero-order valence-corrected chi connectivity index (χ0v) is 15.7. The Hall–Kier alpha value is -2.33. The Morgan fingerprint density at radius 1 is 1.15 bits per heavy atom. The number of ether oxygens (including phenoxy) is 1. The standard InChI is InChI=1S/C22H27NO3/c1-15-7-8-18(11-16(15)2)13-23(20-9-10-20)22(25)17(3)26-21-6-4-5-19(12-21)14-24/h4-8,11-12,17,20,24H,9-10,13-14H2,1-3H3/t17-/m0/s1. The van der Waals surface area contributed by atoms with E-state index in [1.807, 2.05) is 23.1 Å². The number of benzene rings is 2. The minimum Gasteiger partial charge on any atom is -0.481 e. The predicted molar refractivity (Wildman–Crippen MR) is 102 cm³/mol. The third-order valence-corrected chi connectivity index (χ3v) is 4.94. The van der Waals surface area contributed by atoms with Crippen LogP contribution in [0.2, 0.25) is 0 Å². The minimum atomic E-state index is -0.559. The summed E-state index contributed by atoms with van der Waals surface area (Å²) in [7, 11) is 0. The number of aliphatic hydroxyl groups is 1. The van der Waals surface area contributed by atoms with Gasteiger partial charge < -0.3 is 14.7 Å². The van der Waals surface area contributed by atoms with Crippen molar-refractivity contribution in [3.8, 4) is 5.75 Å². The fourth-order valence-corrected chi connectivity index (χ4v) is 3.08. The van der Waals surface area contributed by atoms with Gasteiger partial charge in [0.25, 0.3) is 5.91 Å². The topological polar surface area (TPSA) is 49.8 Å². The highest BCUT2D eigenvalue weighted by atomic mass is 16.5. The van der Waals surface area contributed by atoms with Gasteiger partial charge in [0, 0.05) is 12.6 Å². The molecule has 1 saturated carbocycles. The molecule has 3 rings (SSSR count). The summed E-state index contributed by atoms with van der Waals surface area (Å²) in [4.78, 5) is 14.9. The van der Waals surface area contributed by atoms with Crippen LogP contribution in [0, 0.1) is 13.8 Å². The second-order valence-electron chi connectivity index (χ2n) is 7.18. The van der Waals surface area contributed by atoms with Gasteiger partial charge >= 0.3 is 0 Å². The SMILES string of the molecule is Cc1ccc(CN(C(=O)[C@H](C)Oc2cccc(CO)c2)C2CC2)cc1C. The van der Waals surface area contributed by atoms with E-state index < -0.39 is 6.10 Å². The third-order valence-electron chi connectivity index (χ3n) is 4.94. The van der Waals surface area contributed by atoms with E-state index in [4.69, 9.17) is 4.74 Å². The lowest BCUT2D eigenvalue weighted by atomic mass is 10.1. The smallest absolute Gasteiger partial charge is 0.263 e. The van der Waals surface area contributed by atoms with Gasteiger partial charge in [-0.2, -0.15) is 0 Å². The Labute approximate surface area is 155 Å². The molecule has 138 valence electrons. The molecule has 4 heteroatoms.